The lowest BCUT2D eigenvalue weighted by Crippen LogP contribution is -2.50. The molecule has 1 N–H and O–H groups in total. The Morgan fingerprint density at radius 1 is 1.08 bits per heavy atom. The normalized spacial score (nSPS) is 45.7. The standard InChI is InChI=1S/C12H23N/c1-12-9-4-3-6-10(12)7-5-8-11(12)13-2/h10-11,13H,3-9H2,1-2H3/t10?,11?,12-/m0/s1. The number of hydrogen-bond donors (Lipinski definition) is 1. The van der Waals surface area contributed by atoms with Gasteiger partial charge in [-0.2, -0.15) is 0 Å². The second-order valence-corrected chi connectivity index (χ2v) is 5.22. The van der Waals surface area contributed by atoms with Crippen molar-refractivity contribution in [1.82, 2.24) is 5.32 Å². The van der Waals surface area contributed by atoms with E-state index in [2.05, 4.69) is 19.3 Å². The Bertz CT molecular complexity index is 167. The molecule has 0 aromatic rings. The van der Waals surface area contributed by atoms with E-state index in [4.69, 9.17) is 0 Å². The van der Waals surface area contributed by atoms with Gasteiger partial charge in [0.2, 0.25) is 0 Å². The third kappa shape index (κ3) is 1.52. The molecule has 2 fully saturated rings. The van der Waals surface area contributed by atoms with E-state index in [-0.39, 0.29) is 0 Å². The maximum Gasteiger partial charge on any atom is 0.0120 e. The van der Waals surface area contributed by atoms with Crippen LogP contribution in [0.25, 0.3) is 0 Å². The van der Waals surface area contributed by atoms with Crippen molar-refractivity contribution in [3.8, 4) is 0 Å². The van der Waals surface area contributed by atoms with Crippen molar-refractivity contribution in [1.29, 1.82) is 0 Å². The number of fused-ring (bicyclic) bond motifs is 1. The first-order valence-corrected chi connectivity index (χ1v) is 5.94. The van der Waals surface area contributed by atoms with E-state index in [1.807, 2.05) is 0 Å². The lowest BCUT2D eigenvalue weighted by atomic mass is 9.58. The Morgan fingerprint density at radius 3 is 2.62 bits per heavy atom. The summed E-state index contributed by atoms with van der Waals surface area (Å²) < 4.78 is 0. The van der Waals surface area contributed by atoms with Gasteiger partial charge in [0.05, 0.1) is 0 Å². The fourth-order valence-corrected chi connectivity index (χ4v) is 3.74. The van der Waals surface area contributed by atoms with Gasteiger partial charge in [0.15, 0.2) is 0 Å². The van der Waals surface area contributed by atoms with Gasteiger partial charge in [-0.3, -0.25) is 0 Å². The van der Waals surface area contributed by atoms with Crippen LogP contribution in [0, 0.1) is 11.3 Å². The fourth-order valence-electron chi connectivity index (χ4n) is 3.74. The molecule has 0 saturated heterocycles. The molecule has 2 unspecified atom stereocenters. The predicted octanol–water partition coefficient (Wildman–Crippen LogP) is 2.95. The van der Waals surface area contributed by atoms with Gasteiger partial charge in [-0.15, -0.1) is 0 Å². The molecule has 2 aliphatic carbocycles. The van der Waals surface area contributed by atoms with Crippen LogP contribution in [0.1, 0.15) is 51.9 Å². The molecule has 0 bridgehead atoms. The van der Waals surface area contributed by atoms with Crippen molar-refractivity contribution in [2.75, 3.05) is 7.05 Å². The Morgan fingerprint density at radius 2 is 1.85 bits per heavy atom. The van der Waals surface area contributed by atoms with Crippen LogP contribution < -0.4 is 5.32 Å². The Balaban J connectivity index is 2.14. The molecule has 2 saturated carbocycles. The average molecular weight is 181 g/mol. The van der Waals surface area contributed by atoms with Crippen LogP contribution in [0.3, 0.4) is 0 Å². The predicted molar refractivity (Wildman–Crippen MR) is 56.8 cm³/mol. The van der Waals surface area contributed by atoms with E-state index in [9.17, 15) is 0 Å². The minimum absolute atomic E-state index is 0.630. The molecular weight excluding hydrogens is 158 g/mol. The van der Waals surface area contributed by atoms with Crippen LogP contribution in [0.5, 0.6) is 0 Å². The SMILES string of the molecule is CNC1CCCC2CCCC[C@@]21C. The highest BCUT2D eigenvalue weighted by Crippen LogP contribution is 2.49. The van der Waals surface area contributed by atoms with Crippen LogP contribution in [0.15, 0.2) is 0 Å². The number of nitrogens with one attached hydrogen (secondary N) is 1. The van der Waals surface area contributed by atoms with Gasteiger partial charge in [0.1, 0.15) is 0 Å². The van der Waals surface area contributed by atoms with Crippen molar-refractivity contribution < 1.29 is 0 Å². The van der Waals surface area contributed by atoms with E-state index < -0.39 is 0 Å². The minimum Gasteiger partial charge on any atom is -0.316 e. The zero-order valence-electron chi connectivity index (χ0n) is 9.10. The van der Waals surface area contributed by atoms with Crippen molar-refractivity contribution in [3.05, 3.63) is 0 Å². The first-order chi connectivity index (χ1) is 6.27. The molecule has 2 aliphatic rings. The van der Waals surface area contributed by atoms with Gasteiger partial charge in [-0.25, -0.2) is 0 Å². The van der Waals surface area contributed by atoms with Crippen molar-refractivity contribution in [2.24, 2.45) is 11.3 Å². The molecule has 2 rings (SSSR count). The van der Waals surface area contributed by atoms with Crippen LogP contribution in [0.2, 0.25) is 0 Å². The molecule has 0 aromatic carbocycles. The summed E-state index contributed by atoms with van der Waals surface area (Å²) in [6, 6.07) is 0.798. The summed E-state index contributed by atoms with van der Waals surface area (Å²) in [4.78, 5) is 0. The second-order valence-electron chi connectivity index (χ2n) is 5.22. The molecule has 0 aliphatic heterocycles. The molecule has 0 aromatic heterocycles. The molecule has 0 heterocycles. The summed E-state index contributed by atoms with van der Waals surface area (Å²) in [5, 5.41) is 3.54. The Labute approximate surface area is 82.3 Å². The first-order valence-electron chi connectivity index (χ1n) is 5.94. The molecule has 13 heavy (non-hydrogen) atoms. The molecule has 76 valence electrons. The van der Waals surface area contributed by atoms with E-state index >= 15 is 0 Å². The monoisotopic (exact) mass is 181 g/mol. The van der Waals surface area contributed by atoms with E-state index in [0.29, 0.717) is 5.41 Å². The molecule has 0 radical (unpaired) electrons. The van der Waals surface area contributed by atoms with Gasteiger partial charge in [-0.1, -0.05) is 26.2 Å². The lowest BCUT2D eigenvalue weighted by molar-refractivity contribution is 0.0291. The smallest absolute Gasteiger partial charge is 0.0120 e. The summed E-state index contributed by atoms with van der Waals surface area (Å²) in [5.41, 5.74) is 0.630. The van der Waals surface area contributed by atoms with Gasteiger partial charge < -0.3 is 5.32 Å². The van der Waals surface area contributed by atoms with Crippen LogP contribution in [-0.4, -0.2) is 13.1 Å². The molecule has 3 atom stereocenters. The van der Waals surface area contributed by atoms with Crippen molar-refractivity contribution in [2.45, 2.75) is 57.9 Å². The van der Waals surface area contributed by atoms with Gasteiger partial charge in [-0.05, 0) is 44.1 Å². The summed E-state index contributed by atoms with van der Waals surface area (Å²) in [5.74, 6) is 1.02. The van der Waals surface area contributed by atoms with Gasteiger partial charge >= 0.3 is 0 Å². The Kier molecular flexibility index (Phi) is 2.64. The van der Waals surface area contributed by atoms with Gasteiger partial charge in [0.25, 0.3) is 0 Å². The third-order valence-corrected chi connectivity index (χ3v) is 4.64. The zero-order chi connectivity index (χ0) is 9.31. The number of rotatable bonds is 1. The highest BCUT2D eigenvalue weighted by molar-refractivity contribution is 4.97. The maximum atomic E-state index is 3.54. The zero-order valence-corrected chi connectivity index (χ0v) is 9.10. The van der Waals surface area contributed by atoms with Crippen LogP contribution >= 0.6 is 0 Å². The Hall–Kier alpha value is -0.0400. The summed E-state index contributed by atoms with van der Waals surface area (Å²) in [6.07, 6.45) is 10.3. The minimum atomic E-state index is 0.630. The molecule has 0 amide bonds. The number of hydrogen-bond acceptors (Lipinski definition) is 1. The molecule has 0 spiro atoms. The quantitative estimate of drug-likeness (QED) is 0.656. The fraction of sp³-hybridized carbons (Fsp3) is 1.00. The summed E-state index contributed by atoms with van der Waals surface area (Å²) in [6.45, 7) is 2.52. The molecule has 1 heteroatoms. The van der Waals surface area contributed by atoms with Crippen molar-refractivity contribution in [3.63, 3.8) is 0 Å². The van der Waals surface area contributed by atoms with Crippen molar-refractivity contribution >= 4 is 0 Å². The highest BCUT2D eigenvalue weighted by atomic mass is 14.9. The third-order valence-electron chi connectivity index (χ3n) is 4.64. The lowest BCUT2D eigenvalue weighted by Gasteiger charge is -2.50. The van der Waals surface area contributed by atoms with Crippen LogP contribution in [-0.2, 0) is 0 Å². The largest absolute Gasteiger partial charge is 0.316 e. The van der Waals surface area contributed by atoms with E-state index in [1.165, 1.54) is 44.9 Å². The average Bonchev–Trinajstić information content (AvgIpc) is 2.16. The topological polar surface area (TPSA) is 12.0 Å². The molecule has 1 nitrogen and oxygen atoms in total. The van der Waals surface area contributed by atoms with Crippen LogP contribution in [0.4, 0.5) is 0 Å². The highest BCUT2D eigenvalue weighted by Gasteiger charge is 2.43. The summed E-state index contributed by atoms with van der Waals surface area (Å²) in [7, 11) is 2.15. The molecular formula is C12H23N. The summed E-state index contributed by atoms with van der Waals surface area (Å²) >= 11 is 0. The van der Waals surface area contributed by atoms with E-state index in [0.717, 1.165) is 12.0 Å². The second kappa shape index (κ2) is 3.61. The first kappa shape index (κ1) is 9.51. The van der Waals surface area contributed by atoms with E-state index in [1.54, 1.807) is 0 Å². The maximum absolute atomic E-state index is 3.54. The van der Waals surface area contributed by atoms with Gasteiger partial charge in [0, 0.05) is 6.04 Å².